The number of amides is 1. The first kappa shape index (κ1) is 82.5. The highest BCUT2D eigenvalue weighted by atomic mass is 16.8. The van der Waals surface area contributed by atoms with Crippen molar-refractivity contribution >= 4 is 5.91 Å². The molecule has 3 saturated heterocycles. The summed E-state index contributed by atoms with van der Waals surface area (Å²) in [4.78, 5) is 13.4. The van der Waals surface area contributed by atoms with E-state index in [1.807, 2.05) is 6.08 Å². The number of ether oxygens (including phenoxy) is 6. The molecule has 3 aliphatic heterocycles. The Morgan fingerprint density at radius 3 is 1.08 bits per heavy atom. The zero-order chi connectivity index (χ0) is 65.4. The summed E-state index contributed by atoms with van der Waals surface area (Å²) in [6, 6.07) is -0.976. The molecule has 17 atom stereocenters. The highest BCUT2D eigenvalue weighted by Crippen LogP contribution is 2.33. The Hall–Kier alpha value is -1.73. The first-order valence-electron chi connectivity index (χ1n) is 36.6. The lowest BCUT2D eigenvalue weighted by atomic mass is 9.96. The molecular weight excluding hydrogens is 1150 g/mol. The number of unbranched alkanes of at least 4 members (excludes halogenated alkanes) is 39. The average Bonchev–Trinajstić information content (AvgIpc) is 0.866. The van der Waals surface area contributed by atoms with Gasteiger partial charge in [0.05, 0.1) is 38.6 Å². The average molecular weight is 1290 g/mol. The molecule has 0 radical (unpaired) electrons. The lowest BCUT2D eigenvalue weighted by molar-refractivity contribution is -0.379. The molecule has 0 aromatic heterocycles. The van der Waals surface area contributed by atoms with Gasteiger partial charge in [-0.3, -0.25) is 4.79 Å². The summed E-state index contributed by atoms with van der Waals surface area (Å²) >= 11 is 0. The van der Waals surface area contributed by atoms with Crippen molar-refractivity contribution in [2.24, 2.45) is 0 Å². The van der Waals surface area contributed by atoms with Crippen LogP contribution in [-0.4, -0.2) is 193 Å². The van der Waals surface area contributed by atoms with Crippen molar-refractivity contribution in [3.8, 4) is 0 Å². The zero-order valence-electron chi connectivity index (χ0n) is 56.1. The minimum atomic E-state index is -1.98. The highest BCUT2D eigenvalue weighted by molar-refractivity contribution is 5.76. The van der Waals surface area contributed by atoms with Crippen LogP contribution in [0.2, 0.25) is 0 Å². The largest absolute Gasteiger partial charge is 0.394 e. The monoisotopic (exact) mass is 1290 g/mol. The van der Waals surface area contributed by atoms with E-state index in [2.05, 4.69) is 31.3 Å². The number of aliphatic hydroxyl groups excluding tert-OH is 11. The van der Waals surface area contributed by atoms with Crippen LogP contribution in [0, 0.1) is 0 Å². The van der Waals surface area contributed by atoms with Gasteiger partial charge in [0.1, 0.15) is 73.2 Å². The zero-order valence-corrected chi connectivity index (χ0v) is 56.1. The van der Waals surface area contributed by atoms with Gasteiger partial charge < -0.3 is 89.9 Å². The highest BCUT2D eigenvalue weighted by Gasteiger charge is 2.53. The third-order valence-corrected chi connectivity index (χ3v) is 18.5. The normalized spacial score (nSPS) is 28.1. The predicted octanol–water partition coefficient (Wildman–Crippen LogP) is 10.2. The Kier molecular flexibility index (Phi) is 49.0. The molecule has 0 saturated carbocycles. The molecule has 0 aliphatic carbocycles. The maximum Gasteiger partial charge on any atom is 0.220 e. The SMILES string of the molecule is CCCCCCC/C=C\CCCCCCCC(=O)NC(COC1OC(CO)C(OC2OC(CO)C(OC3OC(CO)C(O)C(O)C3O)C(O)C2O)C(O)C1O)C(O)/C=C/CCCCCCCCCCCCCCCCCCCCCCCCCCCCCCC. The molecular formula is C71H133NO18. The number of allylic oxidation sites excluding steroid dienone is 3. The Bertz CT molecular complexity index is 1730. The van der Waals surface area contributed by atoms with Crippen molar-refractivity contribution in [2.75, 3.05) is 26.4 Å². The summed E-state index contributed by atoms with van der Waals surface area (Å²) < 4.78 is 34.3. The number of carbonyl (C=O) groups excluding carboxylic acids is 1. The van der Waals surface area contributed by atoms with Crippen molar-refractivity contribution in [1.82, 2.24) is 5.32 Å². The maximum absolute atomic E-state index is 13.4. The number of nitrogens with one attached hydrogen (secondary N) is 1. The van der Waals surface area contributed by atoms with Crippen LogP contribution in [0.5, 0.6) is 0 Å². The van der Waals surface area contributed by atoms with Gasteiger partial charge in [-0.25, -0.2) is 0 Å². The van der Waals surface area contributed by atoms with E-state index in [4.69, 9.17) is 28.4 Å². The number of aliphatic hydroxyl groups is 11. The van der Waals surface area contributed by atoms with E-state index in [0.717, 1.165) is 64.2 Å². The van der Waals surface area contributed by atoms with Crippen LogP contribution < -0.4 is 5.32 Å². The second kappa shape index (κ2) is 53.4. The van der Waals surface area contributed by atoms with E-state index < -0.39 is 124 Å². The van der Waals surface area contributed by atoms with Crippen LogP contribution in [0.15, 0.2) is 24.3 Å². The third kappa shape index (κ3) is 34.8. The Labute approximate surface area is 543 Å². The number of hydrogen-bond donors (Lipinski definition) is 12. The summed E-state index contributed by atoms with van der Waals surface area (Å²) in [5, 5.41) is 120. The van der Waals surface area contributed by atoms with E-state index in [-0.39, 0.29) is 18.9 Å². The minimum absolute atomic E-state index is 0.235. The van der Waals surface area contributed by atoms with Crippen molar-refractivity contribution in [1.29, 1.82) is 0 Å². The van der Waals surface area contributed by atoms with Gasteiger partial charge in [-0.2, -0.15) is 0 Å². The van der Waals surface area contributed by atoms with Gasteiger partial charge in [-0.1, -0.05) is 263 Å². The molecule has 17 unspecified atom stereocenters. The molecule has 3 heterocycles. The van der Waals surface area contributed by atoms with E-state index in [0.29, 0.717) is 6.42 Å². The summed E-state index contributed by atoms with van der Waals surface area (Å²) in [6.07, 6.45) is 34.6. The van der Waals surface area contributed by atoms with Crippen molar-refractivity contribution in [3.05, 3.63) is 24.3 Å². The molecule has 530 valence electrons. The quantitative estimate of drug-likeness (QED) is 0.0199. The molecule has 0 aromatic carbocycles. The van der Waals surface area contributed by atoms with E-state index in [1.54, 1.807) is 6.08 Å². The summed E-state index contributed by atoms with van der Waals surface area (Å²) in [5.74, 6) is -0.282. The van der Waals surface area contributed by atoms with E-state index >= 15 is 0 Å². The molecule has 12 N–H and O–H groups in total. The molecule has 0 bridgehead atoms. The van der Waals surface area contributed by atoms with Gasteiger partial charge in [0.15, 0.2) is 18.9 Å². The molecule has 0 spiro atoms. The van der Waals surface area contributed by atoms with Crippen LogP contribution >= 0.6 is 0 Å². The van der Waals surface area contributed by atoms with Crippen LogP contribution in [-0.2, 0) is 33.2 Å². The van der Waals surface area contributed by atoms with Crippen molar-refractivity contribution in [2.45, 2.75) is 394 Å². The molecule has 19 nitrogen and oxygen atoms in total. The minimum Gasteiger partial charge on any atom is -0.394 e. The standard InChI is InChI=1S/C71H133NO18/c1-3-5-7-9-11-13-15-17-19-20-21-22-23-24-25-26-27-28-29-30-31-32-33-34-35-36-38-40-42-44-46-48-55(76)54(72-59(77)49-47-45-43-41-39-37-18-16-14-12-10-8-6-4-2)53-85-69-65(83)62(80)67(57(51-74)87-69)90-71-66(84)63(81)68(58(52-75)88-71)89-70-64(82)61(79)60(78)56(50-73)86-70/h16,18,46,48,54-58,60-71,73-76,78-84H,3-15,17,19-45,47,49-53H2,1-2H3,(H,72,77)/b18-16-,48-46+. The second-order valence-electron chi connectivity index (χ2n) is 26.4. The number of hydrogen-bond acceptors (Lipinski definition) is 18. The fourth-order valence-corrected chi connectivity index (χ4v) is 12.5. The predicted molar refractivity (Wildman–Crippen MR) is 351 cm³/mol. The lowest BCUT2D eigenvalue weighted by Gasteiger charge is -2.48. The molecule has 19 heteroatoms. The fourth-order valence-electron chi connectivity index (χ4n) is 12.5. The van der Waals surface area contributed by atoms with Gasteiger partial charge in [0, 0.05) is 6.42 Å². The van der Waals surface area contributed by atoms with Crippen LogP contribution in [0.3, 0.4) is 0 Å². The Balaban J connectivity index is 1.38. The molecule has 90 heavy (non-hydrogen) atoms. The van der Waals surface area contributed by atoms with Gasteiger partial charge in [0.2, 0.25) is 5.91 Å². The number of carbonyl (C=O) groups is 1. The van der Waals surface area contributed by atoms with E-state index in [9.17, 15) is 61.0 Å². The lowest BCUT2D eigenvalue weighted by Crippen LogP contribution is -2.66. The number of rotatable bonds is 57. The van der Waals surface area contributed by atoms with Gasteiger partial charge >= 0.3 is 0 Å². The Morgan fingerprint density at radius 1 is 0.389 bits per heavy atom. The topological polar surface area (TPSA) is 307 Å². The van der Waals surface area contributed by atoms with Crippen molar-refractivity contribution < 1.29 is 89.4 Å². The van der Waals surface area contributed by atoms with Crippen LogP contribution in [0.25, 0.3) is 0 Å². The summed E-state index contributed by atoms with van der Waals surface area (Å²) in [6.45, 7) is 1.74. The van der Waals surface area contributed by atoms with E-state index in [1.165, 1.54) is 199 Å². The van der Waals surface area contributed by atoms with Crippen LogP contribution in [0.4, 0.5) is 0 Å². The first-order valence-corrected chi connectivity index (χ1v) is 36.6. The smallest absolute Gasteiger partial charge is 0.220 e. The molecule has 0 aromatic rings. The third-order valence-electron chi connectivity index (χ3n) is 18.5. The first-order chi connectivity index (χ1) is 43.8. The van der Waals surface area contributed by atoms with Gasteiger partial charge in [-0.05, 0) is 44.9 Å². The second-order valence-corrected chi connectivity index (χ2v) is 26.4. The summed E-state index contributed by atoms with van der Waals surface area (Å²) in [5.41, 5.74) is 0. The van der Waals surface area contributed by atoms with Crippen LogP contribution in [0.1, 0.15) is 290 Å². The molecule has 3 aliphatic rings. The molecule has 1 amide bonds. The maximum atomic E-state index is 13.4. The Morgan fingerprint density at radius 2 is 0.700 bits per heavy atom. The molecule has 3 fully saturated rings. The molecule has 3 rings (SSSR count). The van der Waals surface area contributed by atoms with Crippen molar-refractivity contribution in [3.63, 3.8) is 0 Å². The van der Waals surface area contributed by atoms with Gasteiger partial charge in [0.25, 0.3) is 0 Å². The fraction of sp³-hybridized carbons (Fsp3) is 0.930. The summed E-state index contributed by atoms with van der Waals surface area (Å²) in [7, 11) is 0. The van der Waals surface area contributed by atoms with Gasteiger partial charge in [-0.15, -0.1) is 0 Å².